The molecule has 2 spiro atoms. The molecule has 2 aromatic rings. The van der Waals surface area contributed by atoms with Gasteiger partial charge in [-0.05, 0) is 104 Å². The van der Waals surface area contributed by atoms with Gasteiger partial charge >= 0.3 is 0 Å². The van der Waals surface area contributed by atoms with Gasteiger partial charge in [0.1, 0.15) is 4.21 Å². The summed E-state index contributed by atoms with van der Waals surface area (Å²) < 4.78 is 30.2. The number of carbonyl (C=O) groups is 1. The first-order valence-corrected chi connectivity index (χ1v) is 21.5. The van der Waals surface area contributed by atoms with Crippen molar-refractivity contribution in [1.82, 2.24) is 4.31 Å². The van der Waals surface area contributed by atoms with E-state index < -0.39 is 26.5 Å². The molecule has 0 aliphatic heterocycles. The SMILES string of the molecule is C[C@]12CC[C@H]3[C@]4(C=C[C@@]5(C=C4C(=O)C4CCCCC4)CC(O)CC[C@]35C)[C@@H]1CC[C@@]2(O)CN(CCc1cccs1)S(=O)(=O)c1cccs1. The number of rotatable bonds is 9. The summed E-state index contributed by atoms with van der Waals surface area (Å²) in [6.07, 6.45) is 17.9. The first kappa shape index (κ1) is 33.5. The van der Waals surface area contributed by atoms with Crippen LogP contribution in [0.4, 0.5) is 0 Å². The first-order valence-electron chi connectivity index (χ1n) is 18.3. The zero-order valence-corrected chi connectivity index (χ0v) is 30.9. The van der Waals surface area contributed by atoms with E-state index in [0.717, 1.165) is 68.2 Å². The van der Waals surface area contributed by atoms with Crippen LogP contribution in [0.15, 0.2) is 63.0 Å². The van der Waals surface area contributed by atoms with Gasteiger partial charge in [-0.2, -0.15) is 4.31 Å². The van der Waals surface area contributed by atoms with Crippen molar-refractivity contribution in [3.05, 3.63) is 63.7 Å². The van der Waals surface area contributed by atoms with Crippen molar-refractivity contribution in [2.75, 3.05) is 13.1 Å². The summed E-state index contributed by atoms with van der Waals surface area (Å²) in [5, 5.41) is 27.8. The van der Waals surface area contributed by atoms with Crippen LogP contribution in [0.5, 0.6) is 0 Å². The molecular weight excluding hydrogens is 659 g/mol. The maximum absolute atomic E-state index is 14.8. The van der Waals surface area contributed by atoms with Crippen LogP contribution in [0, 0.1) is 39.4 Å². The average Bonchev–Trinajstić information content (AvgIpc) is 3.85. The number of hydrogen-bond donors (Lipinski definition) is 2. The van der Waals surface area contributed by atoms with E-state index in [1.807, 2.05) is 17.5 Å². The van der Waals surface area contributed by atoms with Gasteiger partial charge in [0.25, 0.3) is 10.0 Å². The number of ketones is 1. The summed E-state index contributed by atoms with van der Waals surface area (Å²) in [6, 6.07) is 7.49. The van der Waals surface area contributed by atoms with Gasteiger partial charge in [0, 0.05) is 45.7 Å². The van der Waals surface area contributed by atoms with Gasteiger partial charge in [0.2, 0.25) is 0 Å². The third kappa shape index (κ3) is 4.69. The van der Waals surface area contributed by atoms with E-state index in [2.05, 4.69) is 32.1 Å². The maximum atomic E-state index is 14.8. The third-order valence-electron chi connectivity index (χ3n) is 14.7. The molecule has 8 atom stereocenters. The molecule has 260 valence electrons. The molecular formula is C39H51NO5S3. The summed E-state index contributed by atoms with van der Waals surface area (Å²) in [5.74, 6) is 0.624. The van der Waals surface area contributed by atoms with Crippen molar-refractivity contribution < 1.29 is 23.4 Å². The molecule has 0 amide bonds. The molecule has 4 fully saturated rings. The van der Waals surface area contributed by atoms with Crippen LogP contribution in [-0.2, 0) is 21.2 Å². The number of nitrogens with zero attached hydrogens (tertiary/aromatic N) is 1. The van der Waals surface area contributed by atoms with E-state index in [1.54, 1.807) is 33.2 Å². The van der Waals surface area contributed by atoms with Gasteiger partial charge in [0.15, 0.2) is 5.78 Å². The minimum atomic E-state index is -3.81. The molecule has 2 bridgehead atoms. The molecule has 9 heteroatoms. The lowest BCUT2D eigenvalue weighted by molar-refractivity contribution is -0.177. The Labute approximate surface area is 294 Å². The monoisotopic (exact) mass is 709 g/mol. The molecule has 2 heterocycles. The van der Waals surface area contributed by atoms with Gasteiger partial charge in [-0.15, -0.1) is 22.7 Å². The molecule has 48 heavy (non-hydrogen) atoms. The van der Waals surface area contributed by atoms with Crippen molar-refractivity contribution in [1.29, 1.82) is 0 Å². The molecule has 2 N–H and O–H groups in total. The summed E-state index contributed by atoms with van der Waals surface area (Å²) in [5.41, 5.74) is -1.73. The van der Waals surface area contributed by atoms with Crippen LogP contribution < -0.4 is 0 Å². The smallest absolute Gasteiger partial charge is 0.252 e. The number of sulfonamides is 1. The number of aliphatic hydroxyl groups excluding tert-OH is 1. The van der Waals surface area contributed by atoms with Crippen molar-refractivity contribution in [2.45, 2.75) is 113 Å². The highest BCUT2D eigenvalue weighted by Crippen LogP contribution is 2.78. The van der Waals surface area contributed by atoms with E-state index >= 15 is 0 Å². The van der Waals surface area contributed by atoms with E-state index in [0.29, 0.717) is 35.8 Å². The summed E-state index contributed by atoms with van der Waals surface area (Å²) in [6.45, 7) is 5.00. The highest BCUT2D eigenvalue weighted by molar-refractivity contribution is 7.91. The fourth-order valence-electron chi connectivity index (χ4n) is 12.0. The third-order valence-corrected chi connectivity index (χ3v) is 18.8. The molecule has 1 unspecified atom stereocenters. The van der Waals surface area contributed by atoms with Crippen molar-refractivity contribution in [3.8, 4) is 0 Å². The fraction of sp³-hybridized carbons (Fsp3) is 0.667. The van der Waals surface area contributed by atoms with Crippen molar-refractivity contribution in [2.24, 2.45) is 39.4 Å². The number of hydrogen-bond acceptors (Lipinski definition) is 7. The Hall–Kier alpha value is -1.62. The second kappa shape index (κ2) is 11.7. The van der Waals surface area contributed by atoms with Gasteiger partial charge < -0.3 is 10.2 Å². The Morgan fingerprint density at radius 1 is 0.917 bits per heavy atom. The molecule has 7 aliphatic carbocycles. The Morgan fingerprint density at radius 3 is 2.35 bits per heavy atom. The Bertz CT molecular complexity index is 1710. The number of aliphatic hydroxyl groups is 2. The molecule has 0 aromatic carbocycles. The average molecular weight is 710 g/mol. The Balaban J connectivity index is 1.19. The van der Waals surface area contributed by atoms with E-state index in [1.165, 1.54) is 17.8 Å². The van der Waals surface area contributed by atoms with Crippen LogP contribution >= 0.6 is 22.7 Å². The summed E-state index contributed by atoms with van der Waals surface area (Å²) >= 11 is 2.86. The largest absolute Gasteiger partial charge is 0.393 e. The molecule has 7 aliphatic rings. The van der Waals surface area contributed by atoms with Crippen LogP contribution in [0.3, 0.4) is 0 Å². The standard InChI is InChI=1S/C39H51NO5S3/c1-35-16-12-28(41)24-37(35)19-20-39(30(25-37)34(42)27-8-4-3-5-9-27)31(35)13-17-36(2)32(39)14-18-38(36,43)26-40(21-15-29-10-6-22-46-29)48(44,45)33-11-7-23-47-33/h6-7,10-11,19-20,22-23,25,27-28,31-32,41,43H,3-5,8-9,12-18,21,24,26H2,1-2H3/t28?,31-,32-,35-,36+,37+,38-,39-/m1/s1. The minimum Gasteiger partial charge on any atom is -0.393 e. The predicted molar refractivity (Wildman–Crippen MR) is 191 cm³/mol. The van der Waals surface area contributed by atoms with E-state index in [-0.39, 0.29) is 41.2 Å². The number of allylic oxidation sites excluding steroid dienone is 4. The molecule has 4 saturated carbocycles. The normalized spacial score (nSPS) is 40.8. The van der Waals surface area contributed by atoms with Crippen molar-refractivity contribution in [3.63, 3.8) is 0 Å². The highest BCUT2D eigenvalue weighted by Gasteiger charge is 2.74. The molecule has 6 nitrogen and oxygen atoms in total. The van der Waals surface area contributed by atoms with Crippen LogP contribution in [0.1, 0.15) is 95.8 Å². The summed E-state index contributed by atoms with van der Waals surface area (Å²) in [4.78, 5) is 16.0. The fourth-order valence-corrected chi connectivity index (χ4v) is 15.3. The van der Waals surface area contributed by atoms with Gasteiger partial charge in [0.05, 0.1) is 11.7 Å². The lowest BCUT2D eigenvalue weighted by atomic mass is 9.32. The van der Waals surface area contributed by atoms with Crippen LogP contribution in [0.2, 0.25) is 0 Å². The molecule has 2 aromatic heterocycles. The number of carbonyl (C=O) groups excluding carboxylic acids is 1. The summed E-state index contributed by atoms with van der Waals surface area (Å²) in [7, 11) is -3.81. The Morgan fingerprint density at radius 2 is 1.62 bits per heavy atom. The van der Waals surface area contributed by atoms with Gasteiger partial charge in [-0.1, -0.05) is 63.5 Å². The zero-order valence-electron chi connectivity index (χ0n) is 28.4. The minimum absolute atomic E-state index is 0.0225. The van der Waals surface area contributed by atoms with E-state index in [9.17, 15) is 23.4 Å². The van der Waals surface area contributed by atoms with Gasteiger partial charge in [-0.25, -0.2) is 8.42 Å². The van der Waals surface area contributed by atoms with E-state index in [4.69, 9.17) is 0 Å². The zero-order chi connectivity index (χ0) is 33.6. The maximum Gasteiger partial charge on any atom is 0.252 e. The number of fused-ring (bicyclic) bond motifs is 1. The molecule has 9 rings (SSSR count). The topological polar surface area (TPSA) is 94.9 Å². The van der Waals surface area contributed by atoms with Crippen LogP contribution in [-0.4, -0.2) is 53.5 Å². The Kier molecular flexibility index (Phi) is 8.17. The number of thiophene rings is 2. The lowest BCUT2D eigenvalue weighted by Gasteiger charge is -2.71. The number of Topliss-reactive ketones (excluding diaryl/α,β-unsaturated/α-hetero) is 1. The van der Waals surface area contributed by atoms with Crippen LogP contribution in [0.25, 0.3) is 0 Å². The van der Waals surface area contributed by atoms with Gasteiger partial charge in [-0.3, -0.25) is 4.79 Å². The predicted octanol–water partition coefficient (Wildman–Crippen LogP) is 7.78. The second-order valence-electron chi connectivity index (χ2n) is 16.6. The molecule has 0 saturated heterocycles. The highest BCUT2D eigenvalue weighted by atomic mass is 32.2. The first-order chi connectivity index (χ1) is 22.9. The lowest BCUT2D eigenvalue weighted by Crippen LogP contribution is -2.67. The van der Waals surface area contributed by atoms with Crippen molar-refractivity contribution >= 4 is 38.5 Å². The second-order valence-corrected chi connectivity index (χ2v) is 20.8. The molecule has 0 radical (unpaired) electrons. The quantitative estimate of drug-likeness (QED) is 0.260.